The highest BCUT2D eigenvalue weighted by atomic mass is 19.1. The van der Waals surface area contributed by atoms with E-state index in [2.05, 4.69) is 10.3 Å². The van der Waals surface area contributed by atoms with E-state index >= 15 is 0 Å². The van der Waals surface area contributed by atoms with E-state index in [9.17, 15) is 9.18 Å². The summed E-state index contributed by atoms with van der Waals surface area (Å²) >= 11 is 0. The number of rotatable bonds is 6. The number of hydrogen-bond acceptors (Lipinski definition) is 3. The second kappa shape index (κ2) is 8.06. The second-order valence-electron chi connectivity index (χ2n) is 5.46. The topological polar surface area (TPSA) is 51.2 Å². The van der Waals surface area contributed by atoms with Gasteiger partial charge in [-0.3, -0.25) is 4.79 Å². The molecular formula is C20H17FN2O2. The lowest BCUT2D eigenvalue weighted by Crippen LogP contribution is -2.24. The quantitative estimate of drug-likeness (QED) is 0.743. The van der Waals surface area contributed by atoms with Crippen LogP contribution in [0.3, 0.4) is 0 Å². The van der Waals surface area contributed by atoms with E-state index in [4.69, 9.17) is 4.74 Å². The first-order chi connectivity index (χ1) is 12.2. The van der Waals surface area contributed by atoms with Crippen molar-refractivity contribution in [3.05, 3.63) is 89.9 Å². The lowest BCUT2D eigenvalue weighted by Gasteiger charge is -2.08. The summed E-state index contributed by atoms with van der Waals surface area (Å²) in [7, 11) is 0. The normalized spacial score (nSPS) is 10.3. The van der Waals surface area contributed by atoms with Gasteiger partial charge in [0, 0.05) is 18.8 Å². The Kier molecular flexibility index (Phi) is 5.36. The van der Waals surface area contributed by atoms with Crippen LogP contribution < -0.4 is 10.1 Å². The van der Waals surface area contributed by atoms with E-state index in [0.717, 1.165) is 5.56 Å². The lowest BCUT2D eigenvalue weighted by atomic mass is 10.1. The first-order valence-electron chi connectivity index (χ1n) is 7.88. The van der Waals surface area contributed by atoms with Crippen molar-refractivity contribution in [2.45, 2.75) is 13.0 Å². The molecule has 0 fully saturated rings. The first kappa shape index (κ1) is 16.6. The zero-order valence-corrected chi connectivity index (χ0v) is 13.5. The van der Waals surface area contributed by atoms with E-state index in [1.54, 1.807) is 36.5 Å². The number of carbonyl (C=O) groups excluding carboxylic acids is 1. The van der Waals surface area contributed by atoms with Crippen LogP contribution in [0.1, 0.15) is 11.1 Å². The number of nitrogens with zero attached hydrogens (tertiary/aromatic N) is 1. The Bertz CT molecular complexity index is 853. The van der Waals surface area contributed by atoms with Crippen molar-refractivity contribution < 1.29 is 13.9 Å². The zero-order chi connectivity index (χ0) is 17.5. The van der Waals surface area contributed by atoms with Crippen LogP contribution in [0.5, 0.6) is 11.6 Å². The highest BCUT2D eigenvalue weighted by molar-refractivity contribution is 5.78. The number of carbonyl (C=O) groups is 1. The van der Waals surface area contributed by atoms with Gasteiger partial charge in [-0.2, -0.15) is 0 Å². The maximum atomic E-state index is 13.6. The first-order valence-corrected chi connectivity index (χ1v) is 7.88. The monoisotopic (exact) mass is 336 g/mol. The molecule has 4 nitrogen and oxygen atoms in total. The third kappa shape index (κ3) is 4.88. The van der Waals surface area contributed by atoms with E-state index in [1.807, 2.05) is 30.3 Å². The van der Waals surface area contributed by atoms with Crippen LogP contribution in [0.4, 0.5) is 4.39 Å². The number of halogens is 1. The van der Waals surface area contributed by atoms with Gasteiger partial charge in [0.15, 0.2) is 0 Å². The van der Waals surface area contributed by atoms with Crippen LogP contribution in [-0.2, 0) is 17.8 Å². The molecule has 0 radical (unpaired) electrons. The van der Waals surface area contributed by atoms with Crippen LogP contribution >= 0.6 is 0 Å². The van der Waals surface area contributed by atoms with Gasteiger partial charge in [0.25, 0.3) is 0 Å². The molecule has 3 rings (SSSR count). The number of pyridine rings is 1. The van der Waals surface area contributed by atoms with Crippen LogP contribution in [0.25, 0.3) is 0 Å². The number of hydrogen-bond donors (Lipinski definition) is 1. The number of nitrogens with one attached hydrogen (secondary N) is 1. The van der Waals surface area contributed by atoms with Gasteiger partial charge in [0.05, 0.1) is 6.42 Å². The molecule has 0 aliphatic carbocycles. The van der Waals surface area contributed by atoms with Gasteiger partial charge in [0.1, 0.15) is 11.6 Å². The molecule has 1 aromatic heterocycles. The molecule has 1 heterocycles. The summed E-state index contributed by atoms with van der Waals surface area (Å²) in [6, 6.07) is 19.1. The molecule has 1 N–H and O–H groups in total. The Morgan fingerprint density at radius 2 is 1.80 bits per heavy atom. The van der Waals surface area contributed by atoms with Crippen molar-refractivity contribution in [3.8, 4) is 11.6 Å². The maximum absolute atomic E-state index is 13.6. The minimum atomic E-state index is -0.375. The fraction of sp³-hybridized carbons (Fsp3) is 0.100. The molecule has 25 heavy (non-hydrogen) atoms. The average molecular weight is 336 g/mol. The zero-order valence-electron chi connectivity index (χ0n) is 13.5. The lowest BCUT2D eigenvalue weighted by molar-refractivity contribution is -0.120. The Balaban J connectivity index is 1.57. The second-order valence-corrected chi connectivity index (χ2v) is 5.46. The van der Waals surface area contributed by atoms with Gasteiger partial charge in [-0.15, -0.1) is 0 Å². The average Bonchev–Trinajstić information content (AvgIpc) is 2.63. The number of benzene rings is 2. The summed E-state index contributed by atoms with van der Waals surface area (Å²) < 4.78 is 19.2. The minimum absolute atomic E-state index is 0.00509. The summed E-state index contributed by atoms with van der Waals surface area (Å²) in [5.74, 6) is 0.523. The summed E-state index contributed by atoms with van der Waals surface area (Å²) in [5.41, 5.74) is 1.23. The third-order valence-corrected chi connectivity index (χ3v) is 3.56. The van der Waals surface area contributed by atoms with E-state index in [0.29, 0.717) is 23.7 Å². The van der Waals surface area contributed by atoms with Crippen molar-refractivity contribution in [1.29, 1.82) is 0 Å². The number of amides is 1. The standard InChI is InChI=1S/C20H17FN2O2/c21-18-9-5-4-6-16(18)13-19(24)23-14-15-10-11-22-20(12-15)25-17-7-2-1-3-8-17/h1-12H,13-14H2,(H,23,24). The van der Waals surface area contributed by atoms with Crippen LogP contribution in [0.15, 0.2) is 72.9 Å². The molecule has 0 spiro atoms. The summed E-state index contributed by atoms with van der Waals surface area (Å²) in [4.78, 5) is 16.1. The summed E-state index contributed by atoms with van der Waals surface area (Å²) in [5, 5.41) is 2.78. The molecular weight excluding hydrogens is 319 g/mol. The Morgan fingerprint density at radius 3 is 2.60 bits per heavy atom. The molecule has 0 saturated heterocycles. The fourth-order valence-corrected chi connectivity index (χ4v) is 2.30. The van der Waals surface area contributed by atoms with Gasteiger partial charge in [0.2, 0.25) is 11.8 Å². The molecule has 0 atom stereocenters. The molecule has 0 bridgehead atoms. The van der Waals surface area contributed by atoms with Crippen molar-refractivity contribution in [2.24, 2.45) is 0 Å². The molecule has 0 saturated carbocycles. The van der Waals surface area contributed by atoms with Crippen molar-refractivity contribution in [3.63, 3.8) is 0 Å². The number of ether oxygens (including phenoxy) is 1. The van der Waals surface area contributed by atoms with Gasteiger partial charge >= 0.3 is 0 Å². The number of aromatic nitrogens is 1. The molecule has 1 amide bonds. The van der Waals surface area contributed by atoms with Gasteiger partial charge in [-0.05, 0) is 35.4 Å². The van der Waals surface area contributed by atoms with Crippen LogP contribution in [0.2, 0.25) is 0 Å². The Labute approximate surface area is 145 Å². The van der Waals surface area contributed by atoms with Gasteiger partial charge in [-0.25, -0.2) is 9.37 Å². The smallest absolute Gasteiger partial charge is 0.224 e. The molecule has 0 unspecified atom stereocenters. The van der Waals surface area contributed by atoms with Crippen molar-refractivity contribution >= 4 is 5.91 Å². The Morgan fingerprint density at radius 1 is 1.04 bits per heavy atom. The molecule has 0 aliphatic rings. The van der Waals surface area contributed by atoms with Crippen molar-refractivity contribution in [2.75, 3.05) is 0 Å². The van der Waals surface area contributed by atoms with Gasteiger partial charge < -0.3 is 10.1 Å². The maximum Gasteiger partial charge on any atom is 0.224 e. The SMILES string of the molecule is O=C(Cc1ccccc1F)NCc1ccnc(Oc2ccccc2)c1. The third-order valence-electron chi connectivity index (χ3n) is 3.56. The largest absolute Gasteiger partial charge is 0.439 e. The fourth-order valence-electron chi connectivity index (χ4n) is 2.30. The molecule has 3 aromatic rings. The van der Waals surface area contributed by atoms with Gasteiger partial charge in [-0.1, -0.05) is 36.4 Å². The molecule has 5 heteroatoms. The highest BCUT2D eigenvalue weighted by Crippen LogP contribution is 2.19. The van der Waals surface area contributed by atoms with Crippen LogP contribution in [-0.4, -0.2) is 10.9 Å². The van der Waals surface area contributed by atoms with Crippen LogP contribution in [0, 0.1) is 5.82 Å². The molecule has 126 valence electrons. The van der Waals surface area contributed by atoms with E-state index < -0.39 is 0 Å². The minimum Gasteiger partial charge on any atom is -0.439 e. The van der Waals surface area contributed by atoms with E-state index in [1.165, 1.54) is 6.07 Å². The Hall–Kier alpha value is -3.21. The summed E-state index contributed by atoms with van der Waals surface area (Å²) in [6.07, 6.45) is 1.63. The number of para-hydroxylation sites is 1. The van der Waals surface area contributed by atoms with Crippen molar-refractivity contribution in [1.82, 2.24) is 10.3 Å². The van der Waals surface area contributed by atoms with E-state index in [-0.39, 0.29) is 18.1 Å². The predicted octanol–water partition coefficient (Wildman–Crippen LogP) is 3.87. The molecule has 0 aliphatic heterocycles. The summed E-state index contributed by atoms with van der Waals surface area (Å²) in [6.45, 7) is 0.320. The predicted molar refractivity (Wildman–Crippen MR) is 92.7 cm³/mol. The molecule has 2 aromatic carbocycles. The highest BCUT2D eigenvalue weighted by Gasteiger charge is 2.08.